The molecule has 0 aliphatic heterocycles. The fraction of sp³-hybridized carbons (Fsp3) is 0.714. The Morgan fingerprint density at radius 3 is 2.45 bits per heavy atom. The molecule has 0 radical (unpaired) electrons. The van der Waals surface area contributed by atoms with Gasteiger partial charge in [0.25, 0.3) is 0 Å². The molecule has 4 nitrogen and oxygen atoms in total. The molecule has 64 valence electrons. The number of hydrogen-bond donors (Lipinski definition) is 0. The maximum Gasteiger partial charge on any atom is 0.315 e. The molecule has 0 aliphatic carbocycles. The summed E-state index contributed by atoms with van der Waals surface area (Å²) >= 11 is 0. The van der Waals surface area contributed by atoms with Crippen molar-refractivity contribution in [3.8, 4) is 0 Å². The third kappa shape index (κ3) is 6.99. The zero-order valence-electron chi connectivity index (χ0n) is 6.75. The van der Waals surface area contributed by atoms with E-state index in [0.29, 0.717) is 13.2 Å². The van der Waals surface area contributed by atoms with Gasteiger partial charge >= 0.3 is 11.9 Å². The summed E-state index contributed by atoms with van der Waals surface area (Å²) in [7, 11) is 0. The summed E-state index contributed by atoms with van der Waals surface area (Å²) < 4.78 is 9.11. The van der Waals surface area contributed by atoms with E-state index in [4.69, 9.17) is 4.74 Å². The number of ether oxygens (including phenoxy) is 2. The van der Waals surface area contributed by atoms with Crippen LogP contribution in [-0.2, 0) is 19.1 Å². The molecule has 0 unspecified atom stereocenters. The van der Waals surface area contributed by atoms with E-state index in [1.165, 1.54) is 6.92 Å². The quantitative estimate of drug-likeness (QED) is 0.341. The van der Waals surface area contributed by atoms with Gasteiger partial charge in [-0.25, -0.2) is 0 Å². The molecular weight excluding hydrogens is 148 g/mol. The van der Waals surface area contributed by atoms with Crippen molar-refractivity contribution >= 4 is 11.9 Å². The summed E-state index contributed by atoms with van der Waals surface area (Å²) in [6, 6.07) is 0. The first-order valence-electron chi connectivity index (χ1n) is 3.45. The third-order valence-electron chi connectivity index (χ3n) is 0.912. The van der Waals surface area contributed by atoms with Crippen LogP contribution in [0.15, 0.2) is 0 Å². The molecule has 0 N–H and O–H groups in total. The summed E-state index contributed by atoms with van der Waals surface area (Å²) in [5, 5.41) is 0. The van der Waals surface area contributed by atoms with Crippen molar-refractivity contribution in [2.75, 3.05) is 13.2 Å². The summed E-state index contributed by atoms with van der Waals surface area (Å²) in [6.45, 7) is 3.89. The van der Waals surface area contributed by atoms with Crippen molar-refractivity contribution in [3.05, 3.63) is 0 Å². The highest BCUT2D eigenvalue weighted by Gasteiger charge is 2.04. The zero-order chi connectivity index (χ0) is 8.69. The highest BCUT2D eigenvalue weighted by Crippen LogP contribution is 1.88. The first kappa shape index (κ1) is 10.1. The smallest absolute Gasteiger partial charge is 0.315 e. The van der Waals surface area contributed by atoms with Crippen LogP contribution >= 0.6 is 0 Å². The number of carbonyl (C=O) groups is 2. The van der Waals surface area contributed by atoms with Gasteiger partial charge in [0.05, 0.1) is 13.0 Å². The molecule has 0 rings (SSSR count). The van der Waals surface area contributed by atoms with Gasteiger partial charge in [0.2, 0.25) is 0 Å². The van der Waals surface area contributed by atoms with Gasteiger partial charge in [-0.2, -0.15) is 0 Å². The molecule has 0 spiro atoms. The van der Waals surface area contributed by atoms with Crippen molar-refractivity contribution in [3.63, 3.8) is 0 Å². The number of hydrogen-bond acceptors (Lipinski definition) is 4. The number of carbonyl (C=O) groups excluding carboxylic acids is 2. The van der Waals surface area contributed by atoms with E-state index in [0.717, 1.165) is 0 Å². The van der Waals surface area contributed by atoms with E-state index < -0.39 is 11.9 Å². The fourth-order valence-electron chi connectivity index (χ4n) is 0.511. The zero-order valence-corrected chi connectivity index (χ0v) is 6.75. The fourth-order valence-corrected chi connectivity index (χ4v) is 0.511. The average Bonchev–Trinajstić information content (AvgIpc) is 1.86. The van der Waals surface area contributed by atoms with Gasteiger partial charge in [0.1, 0.15) is 0 Å². The molecule has 0 aromatic rings. The van der Waals surface area contributed by atoms with Crippen molar-refractivity contribution < 1.29 is 19.1 Å². The Bertz CT molecular complexity index is 141. The lowest BCUT2D eigenvalue weighted by Crippen LogP contribution is -2.11. The van der Waals surface area contributed by atoms with Crippen LogP contribution in [0.3, 0.4) is 0 Å². The molecule has 0 aliphatic rings. The Hall–Kier alpha value is -0.900. The molecule has 0 saturated carbocycles. The highest BCUT2D eigenvalue weighted by molar-refractivity contribution is 5.84. The van der Waals surface area contributed by atoms with E-state index in [9.17, 15) is 9.59 Å². The van der Waals surface area contributed by atoms with Crippen LogP contribution in [0.4, 0.5) is 0 Å². The average molecular weight is 160 g/mol. The van der Waals surface area contributed by atoms with Crippen molar-refractivity contribution in [1.82, 2.24) is 0 Å². The van der Waals surface area contributed by atoms with Gasteiger partial charge in [0, 0.05) is 13.5 Å². The molecule has 0 amide bonds. The molecule has 4 heteroatoms. The Kier molecular flexibility index (Phi) is 5.37. The summed E-state index contributed by atoms with van der Waals surface area (Å²) in [5.41, 5.74) is 0. The highest BCUT2D eigenvalue weighted by atomic mass is 16.6. The van der Waals surface area contributed by atoms with Crippen LogP contribution in [-0.4, -0.2) is 25.2 Å². The maximum atomic E-state index is 10.6. The Balaban J connectivity index is 3.30. The monoisotopic (exact) mass is 160 g/mol. The van der Waals surface area contributed by atoms with Gasteiger partial charge in [-0.05, 0) is 6.92 Å². The largest absolute Gasteiger partial charge is 0.393 e. The maximum absolute atomic E-state index is 10.6. The van der Waals surface area contributed by atoms with E-state index in [1.807, 2.05) is 6.92 Å². The molecule has 0 fully saturated rings. The van der Waals surface area contributed by atoms with E-state index >= 15 is 0 Å². The van der Waals surface area contributed by atoms with Gasteiger partial charge < -0.3 is 9.47 Å². The minimum atomic E-state index is -0.577. The standard InChI is InChI=1S/C7H12O4/c1-3-10-5-4-7(9)11-6(2)8/h3-5H2,1-2H3. The lowest BCUT2D eigenvalue weighted by atomic mass is 10.5. The Morgan fingerprint density at radius 2 is 2.00 bits per heavy atom. The second-order valence-electron chi connectivity index (χ2n) is 1.91. The SMILES string of the molecule is CCOCCC(=O)OC(C)=O. The minimum absolute atomic E-state index is 0.132. The Morgan fingerprint density at radius 1 is 1.36 bits per heavy atom. The predicted octanol–water partition coefficient (Wildman–Crippen LogP) is 0.503. The number of esters is 2. The third-order valence-corrected chi connectivity index (χ3v) is 0.912. The minimum Gasteiger partial charge on any atom is -0.393 e. The summed E-state index contributed by atoms with van der Waals surface area (Å²) in [4.78, 5) is 20.8. The van der Waals surface area contributed by atoms with Crippen molar-refractivity contribution in [2.45, 2.75) is 20.3 Å². The van der Waals surface area contributed by atoms with Gasteiger partial charge in [-0.1, -0.05) is 0 Å². The molecule has 0 heterocycles. The van der Waals surface area contributed by atoms with Gasteiger partial charge in [0.15, 0.2) is 0 Å². The molecular formula is C7H12O4. The van der Waals surface area contributed by atoms with Crippen LogP contribution in [0, 0.1) is 0 Å². The van der Waals surface area contributed by atoms with Gasteiger partial charge in [-0.3, -0.25) is 9.59 Å². The van der Waals surface area contributed by atoms with Crippen LogP contribution in [0.1, 0.15) is 20.3 Å². The van der Waals surface area contributed by atoms with Crippen LogP contribution in [0.25, 0.3) is 0 Å². The molecule has 0 bridgehead atoms. The topological polar surface area (TPSA) is 52.6 Å². The van der Waals surface area contributed by atoms with Crippen molar-refractivity contribution in [2.24, 2.45) is 0 Å². The lowest BCUT2D eigenvalue weighted by Gasteiger charge is -1.99. The van der Waals surface area contributed by atoms with E-state index in [-0.39, 0.29) is 6.42 Å². The van der Waals surface area contributed by atoms with E-state index in [1.54, 1.807) is 0 Å². The predicted molar refractivity (Wildman–Crippen MR) is 37.9 cm³/mol. The normalized spacial score (nSPS) is 9.27. The first-order chi connectivity index (χ1) is 5.16. The Labute approximate surface area is 65.5 Å². The lowest BCUT2D eigenvalue weighted by molar-refractivity contribution is -0.158. The second-order valence-corrected chi connectivity index (χ2v) is 1.91. The summed E-state index contributed by atoms with van der Waals surface area (Å²) in [6.07, 6.45) is 0.132. The summed E-state index contributed by atoms with van der Waals surface area (Å²) in [5.74, 6) is -1.11. The second kappa shape index (κ2) is 5.85. The van der Waals surface area contributed by atoms with Crippen LogP contribution in [0.2, 0.25) is 0 Å². The molecule has 0 aromatic carbocycles. The number of rotatable bonds is 4. The van der Waals surface area contributed by atoms with Crippen LogP contribution in [0.5, 0.6) is 0 Å². The molecule has 0 aromatic heterocycles. The van der Waals surface area contributed by atoms with E-state index in [2.05, 4.69) is 4.74 Å². The molecule has 11 heavy (non-hydrogen) atoms. The first-order valence-corrected chi connectivity index (χ1v) is 3.45. The molecule has 0 saturated heterocycles. The van der Waals surface area contributed by atoms with Gasteiger partial charge in [-0.15, -0.1) is 0 Å². The van der Waals surface area contributed by atoms with Crippen molar-refractivity contribution in [1.29, 1.82) is 0 Å². The van der Waals surface area contributed by atoms with Crippen LogP contribution < -0.4 is 0 Å². The molecule has 0 atom stereocenters.